The van der Waals surface area contributed by atoms with Crippen molar-refractivity contribution in [2.75, 3.05) is 0 Å². The van der Waals surface area contributed by atoms with E-state index in [1.807, 2.05) is 0 Å². The number of carbonyl (C=O) groups is 1. The highest BCUT2D eigenvalue weighted by molar-refractivity contribution is 8.26. The first kappa shape index (κ1) is 12.9. The molecule has 100 valence electrons. The highest BCUT2D eigenvalue weighted by Gasteiger charge is 2.32. The maximum Gasteiger partial charge on any atom is 0.286 e. The number of amides is 1. The zero-order valence-corrected chi connectivity index (χ0v) is 11.7. The van der Waals surface area contributed by atoms with Gasteiger partial charge in [-0.3, -0.25) is 4.79 Å². The van der Waals surface area contributed by atoms with E-state index in [4.69, 9.17) is 21.1 Å². The molecule has 0 spiro atoms. The molecule has 2 aromatic rings. The fourth-order valence-electron chi connectivity index (χ4n) is 1.54. The van der Waals surface area contributed by atoms with E-state index in [-0.39, 0.29) is 5.91 Å². The van der Waals surface area contributed by atoms with Crippen molar-refractivity contribution >= 4 is 46.5 Å². The van der Waals surface area contributed by atoms with Crippen LogP contribution >= 0.6 is 24.0 Å². The number of carbonyl (C=O) groups excluding carboxylic acids is 1. The van der Waals surface area contributed by atoms with Crippen LogP contribution in [0.25, 0.3) is 6.08 Å². The van der Waals surface area contributed by atoms with Gasteiger partial charge < -0.3 is 8.83 Å². The number of furan rings is 2. The van der Waals surface area contributed by atoms with Gasteiger partial charge in [-0.2, -0.15) is 10.1 Å². The molecule has 0 N–H and O–H groups in total. The smallest absolute Gasteiger partial charge is 0.286 e. The molecule has 0 atom stereocenters. The number of hydrogen-bond acceptors (Lipinski definition) is 6. The normalized spacial score (nSPS) is 17.8. The summed E-state index contributed by atoms with van der Waals surface area (Å²) in [6, 6.07) is 6.99. The van der Waals surface area contributed by atoms with Gasteiger partial charge in [0.2, 0.25) is 0 Å². The third kappa shape index (κ3) is 2.59. The summed E-state index contributed by atoms with van der Waals surface area (Å²) in [5, 5.41) is 5.20. The zero-order chi connectivity index (χ0) is 13.9. The van der Waals surface area contributed by atoms with E-state index in [0.29, 0.717) is 20.7 Å². The van der Waals surface area contributed by atoms with Crippen LogP contribution in [0.4, 0.5) is 0 Å². The molecule has 0 unspecified atom stereocenters. The molecule has 0 bridgehead atoms. The Hall–Kier alpha value is -2.12. The van der Waals surface area contributed by atoms with E-state index in [0.717, 1.165) is 5.01 Å². The summed E-state index contributed by atoms with van der Waals surface area (Å²) in [6.07, 6.45) is 6.16. The van der Waals surface area contributed by atoms with E-state index in [1.165, 1.54) is 24.2 Å². The second-order valence-electron chi connectivity index (χ2n) is 3.77. The standard InChI is InChI=1S/C13H8N2O3S2/c16-12-11(7-9-3-1-5-17-9)20-13(19)15(12)14-8-10-4-2-6-18-10/h1-8H/b11-7+,14-8+. The SMILES string of the molecule is O=C1/C(=C\c2ccco2)SC(=S)N1/N=C/c1ccco1. The lowest BCUT2D eigenvalue weighted by Gasteiger charge is -2.04. The molecule has 5 nitrogen and oxygen atoms in total. The fraction of sp³-hybridized carbons (Fsp3) is 0. The molecule has 1 fully saturated rings. The number of thiocarbonyl (C=S) groups is 1. The lowest BCUT2D eigenvalue weighted by atomic mass is 10.4. The van der Waals surface area contributed by atoms with Crippen LogP contribution in [-0.2, 0) is 4.79 Å². The van der Waals surface area contributed by atoms with Gasteiger partial charge in [-0.05, 0) is 36.5 Å². The van der Waals surface area contributed by atoms with Crippen LogP contribution in [0, 0.1) is 0 Å². The number of hydrogen-bond donors (Lipinski definition) is 0. The molecule has 1 amide bonds. The lowest BCUT2D eigenvalue weighted by Crippen LogP contribution is -2.22. The number of nitrogens with zero attached hydrogens (tertiary/aromatic N) is 2. The molecule has 7 heteroatoms. The first-order valence-corrected chi connectivity index (χ1v) is 6.85. The van der Waals surface area contributed by atoms with Gasteiger partial charge in [0.1, 0.15) is 11.5 Å². The molecule has 0 saturated carbocycles. The predicted octanol–water partition coefficient (Wildman–Crippen LogP) is 3.11. The van der Waals surface area contributed by atoms with E-state index in [1.54, 1.807) is 36.6 Å². The average Bonchev–Trinajstić information content (AvgIpc) is 3.13. The third-order valence-corrected chi connectivity index (χ3v) is 3.72. The van der Waals surface area contributed by atoms with Crippen molar-refractivity contribution < 1.29 is 13.6 Å². The molecular weight excluding hydrogens is 296 g/mol. The second kappa shape index (κ2) is 5.48. The average molecular weight is 304 g/mol. The summed E-state index contributed by atoms with van der Waals surface area (Å²) in [5.74, 6) is 0.869. The summed E-state index contributed by atoms with van der Waals surface area (Å²) in [4.78, 5) is 12.6. The van der Waals surface area contributed by atoms with Crippen molar-refractivity contribution in [3.05, 3.63) is 53.2 Å². The van der Waals surface area contributed by atoms with Crippen LogP contribution in [-0.4, -0.2) is 21.5 Å². The van der Waals surface area contributed by atoms with Crippen molar-refractivity contribution in [1.29, 1.82) is 0 Å². The third-order valence-electron chi connectivity index (χ3n) is 2.43. The Bertz CT molecular complexity index is 687. The Morgan fingerprint density at radius 2 is 1.90 bits per heavy atom. The van der Waals surface area contributed by atoms with E-state index >= 15 is 0 Å². The summed E-state index contributed by atoms with van der Waals surface area (Å²) >= 11 is 6.32. The first-order valence-electron chi connectivity index (χ1n) is 5.63. The molecule has 0 aromatic carbocycles. The van der Waals surface area contributed by atoms with Gasteiger partial charge in [0, 0.05) is 6.08 Å². The summed E-state index contributed by atoms with van der Waals surface area (Å²) in [5.41, 5.74) is 0. The Balaban J connectivity index is 1.80. The highest BCUT2D eigenvalue weighted by Crippen LogP contribution is 2.32. The molecule has 1 aliphatic heterocycles. The van der Waals surface area contributed by atoms with Crippen molar-refractivity contribution in [3.63, 3.8) is 0 Å². The minimum Gasteiger partial charge on any atom is -0.465 e. The van der Waals surface area contributed by atoms with Gasteiger partial charge in [-0.15, -0.1) is 0 Å². The largest absolute Gasteiger partial charge is 0.465 e. The number of hydrazone groups is 1. The molecule has 3 heterocycles. The van der Waals surface area contributed by atoms with E-state index < -0.39 is 0 Å². The maximum absolute atomic E-state index is 12.2. The van der Waals surface area contributed by atoms with Crippen LogP contribution < -0.4 is 0 Å². The van der Waals surface area contributed by atoms with Crippen LogP contribution in [0.15, 0.2) is 55.6 Å². The monoisotopic (exact) mass is 304 g/mol. The van der Waals surface area contributed by atoms with Gasteiger partial charge in [0.05, 0.1) is 23.6 Å². The van der Waals surface area contributed by atoms with Crippen molar-refractivity contribution in [3.8, 4) is 0 Å². The van der Waals surface area contributed by atoms with Crippen LogP contribution in [0.3, 0.4) is 0 Å². The van der Waals surface area contributed by atoms with Gasteiger partial charge in [-0.25, -0.2) is 0 Å². The fourth-order valence-corrected chi connectivity index (χ4v) is 2.69. The molecule has 1 aliphatic rings. The molecule has 20 heavy (non-hydrogen) atoms. The van der Waals surface area contributed by atoms with Crippen molar-refractivity contribution in [2.24, 2.45) is 5.10 Å². The second-order valence-corrected chi connectivity index (χ2v) is 5.44. The summed E-state index contributed by atoms with van der Waals surface area (Å²) in [7, 11) is 0. The van der Waals surface area contributed by atoms with Gasteiger partial charge in [-0.1, -0.05) is 11.8 Å². The maximum atomic E-state index is 12.2. The Morgan fingerprint density at radius 3 is 2.55 bits per heavy atom. The lowest BCUT2D eigenvalue weighted by molar-refractivity contribution is -0.122. The summed E-state index contributed by atoms with van der Waals surface area (Å²) in [6.45, 7) is 0. The Kier molecular flexibility index (Phi) is 3.53. The Labute approximate surface area is 123 Å². The number of rotatable bonds is 3. The van der Waals surface area contributed by atoms with Gasteiger partial charge in [0.15, 0.2) is 4.32 Å². The molecule has 1 saturated heterocycles. The highest BCUT2D eigenvalue weighted by atomic mass is 32.2. The Morgan fingerprint density at radius 1 is 1.20 bits per heavy atom. The molecule has 3 rings (SSSR count). The minimum atomic E-state index is -0.279. The predicted molar refractivity (Wildman–Crippen MR) is 80.0 cm³/mol. The molecule has 0 aliphatic carbocycles. The quantitative estimate of drug-likeness (QED) is 0.495. The summed E-state index contributed by atoms with van der Waals surface area (Å²) < 4.78 is 10.7. The number of thioether (sulfide) groups is 1. The van der Waals surface area contributed by atoms with Crippen molar-refractivity contribution in [2.45, 2.75) is 0 Å². The van der Waals surface area contributed by atoms with Crippen molar-refractivity contribution in [1.82, 2.24) is 5.01 Å². The van der Waals surface area contributed by atoms with Crippen LogP contribution in [0.2, 0.25) is 0 Å². The van der Waals surface area contributed by atoms with Crippen LogP contribution in [0.1, 0.15) is 11.5 Å². The van der Waals surface area contributed by atoms with E-state index in [9.17, 15) is 4.79 Å². The topological polar surface area (TPSA) is 59.0 Å². The molecular formula is C13H8N2O3S2. The van der Waals surface area contributed by atoms with E-state index in [2.05, 4.69) is 5.10 Å². The minimum absolute atomic E-state index is 0.279. The molecule has 2 aromatic heterocycles. The van der Waals surface area contributed by atoms with Gasteiger partial charge in [0.25, 0.3) is 5.91 Å². The first-order chi connectivity index (χ1) is 9.74. The van der Waals surface area contributed by atoms with Gasteiger partial charge >= 0.3 is 0 Å². The molecule has 0 radical (unpaired) electrons. The van der Waals surface area contributed by atoms with Crippen LogP contribution in [0.5, 0.6) is 0 Å². The zero-order valence-electron chi connectivity index (χ0n) is 10.1.